The quantitative estimate of drug-likeness (QED) is 0.455. The highest BCUT2D eigenvalue weighted by Gasteiger charge is 2.72. The molecule has 0 aliphatic carbocycles. The maximum Gasteiger partial charge on any atom is 0.247 e. The van der Waals surface area contributed by atoms with Crippen LogP contribution in [0.5, 0.6) is 0 Å². The van der Waals surface area contributed by atoms with Crippen LogP contribution in [0.3, 0.4) is 0 Å². The van der Waals surface area contributed by atoms with Crippen molar-refractivity contribution in [1.82, 2.24) is 9.80 Å². The Morgan fingerprint density at radius 3 is 2.29 bits per heavy atom. The maximum absolute atomic E-state index is 14.9. The zero-order valence-corrected chi connectivity index (χ0v) is 26.9. The largest absolute Gasteiger partial charge is 0.394 e. The molecule has 0 bridgehead atoms. The number of hydrogen-bond acceptors (Lipinski definition) is 5. The zero-order chi connectivity index (χ0) is 30.6. The number of nitrogens with zero attached hydrogens (tertiary/aromatic N) is 3. The van der Waals surface area contributed by atoms with E-state index in [1.54, 1.807) is 21.6 Å². The van der Waals surface area contributed by atoms with E-state index in [9.17, 15) is 19.5 Å². The summed E-state index contributed by atoms with van der Waals surface area (Å²) in [7, 11) is 0. The van der Waals surface area contributed by atoms with Gasteiger partial charge in [-0.05, 0) is 50.2 Å². The SMILES string of the molecule is CC(C)C[C@H](CO)N1C(=O)[C@@H]2[C@@H]3C(=O)N(c4ccccc4)CC=C[C@@H]3S[C@@]23C=CCN(C(C)(C)CC(C)(C)C)C(=O)C13. The van der Waals surface area contributed by atoms with Crippen molar-refractivity contribution >= 4 is 35.2 Å². The van der Waals surface area contributed by atoms with Crippen LogP contribution in [0.15, 0.2) is 54.6 Å². The van der Waals surface area contributed by atoms with Crippen molar-refractivity contribution in [3.05, 3.63) is 54.6 Å². The van der Waals surface area contributed by atoms with Crippen molar-refractivity contribution in [2.75, 3.05) is 24.6 Å². The number of fused-ring (bicyclic) bond motifs is 2. The Bertz CT molecular complexity index is 1270. The van der Waals surface area contributed by atoms with Crippen LogP contribution >= 0.6 is 11.8 Å². The average Bonchev–Trinajstić information content (AvgIpc) is 3.21. The van der Waals surface area contributed by atoms with Gasteiger partial charge in [-0.1, -0.05) is 77.1 Å². The van der Waals surface area contributed by atoms with E-state index in [4.69, 9.17) is 0 Å². The van der Waals surface area contributed by atoms with Crippen molar-refractivity contribution in [1.29, 1.82) is 0 Å². The molecule has 0 aromatic heterocycles. The van der Waals surface area contributed by atoms with Crippen LogP contribution in [0.25, 0.3) is 0 Å². The fraction of sp³-hybridized carbons (Fsp3) is 0.618. The van der Waals surface area contributed by atoms with Gasteiger partial charge in [0.25, 0.3) is 0 Å². The average molecular weight is 594 g/mol. The molecule has 1 aromatic rings. The number of carbonyl (C=O) groups is 3. The first-order chi connectivity index (χ1) is 19.7. The van der Waals surface area contributed by atoms with Gasteiger partial charge in [0, 0.05) is 29.6 Å². The number of anilines is 1. The number of hydrogen-bond donors (Lipinski definition) is 1. The van der Waals surface area contributed by atoms with Gasteiger partial charge in [-0.25, -0.2) is 0 Å². The molecule has 4 aliphatic rings. The molecule has 2 saturated heterocycles. The van der Waals surface area contributed by atoms with E-state index in [0.717, 1.165) is 12.1 Å². The molecule has 7 nitrogen and oxygen atoms in total. The van der Waals surface area contributed by atoms with E-state index < -0.39 is 34.2 Å². The molecule has 5 rings (SSSR count). The summed E-state index contributed by atoms with van der Waals surface area (Å²) in [5.41, 5.74) is 0.329. The van der Waals surface area contributed by atoms with Gasteiger partial charge in [-0.2, -0.15) is 0 Å². The number of thioether (sulfide) groups is 1. The minimum Gasteiger partial charge on any atom is -0.394 e. The molecule has 1 N–H and O–H groups in total. The third kappa shape index (κ3) is 5.23. The van der Waals surface area contributed by atoms with Crippen LogP contribution < -0.4 is 4.90 Å². The lowest BCUT2D eigenvalue weighted by Crippen LogP contribution is -2.60. The van der Waals surface area contributed by atoms with E-state index >= 15 is 0 Å². The Morgan fingerprint density at radius 1 is 0.976 bits per heavy atom. The first-order valence-corrected chi connectivity index (χ1v) is 16.2. The first kappa shape index (κ1) is 30.9. The summed E-state index contributed by atoms with van der Waals surface area (Å²) in [4.78, 5) is 49.4. The van der Waals surface area contributed by atoms with Crippen LogP contribution in [-0.2, 0) is 14.4 Å². The molecule has 1 spiro atoms. The van der Waals surface area contributed by atoms with Crippen molar-refractivity contribution in [2.45, 2.75) is 88.9 Å². The fourth-order valence-corrected chi connectivity index (χ4v) is 10.1. The van der Waals surface area contributed by atoms with Crippen molar-refractivity contribution in [3.8, 4) is 0 Å². The molecule has 2 fully saturated rings. The van der Waals surface area contributed by atoms with Gasteiger partial charge in [-0.15, -0.1) is 11.8 Å². The molecule has 1 aromatic carbocycles. The Labute approximate surface area is 255 Å². The number of carbonyl (C=O) groups excluding carboxylic acids is 3. The van der Waals surface area contributed by atoms with Gasteiger partial charge in [0.05, 0.1) is 29.2 Å². The predicted molar refractivity (Wildman–Crippen MR) is 169 cm³/mol. The molecule has 42 heavy (non-hydrogen) atoms. The van der Waals surface area contributed by atoms with Crippen LogP contribution in [0, 0.1) is 23.2 Å². The van der Waals surface area contributed by atoms with Crippen molar-refractivity contribution in [3.63, 3.8) is 0 Å². The van der Waals surface area contributed by atoms with Gasteiger partial charge >= 0.3 is 0 Å². The second-order valence-electron chi connectivity index (χ2n) is 14.7. The number of amides is 3. The standard InChI is InChI=1S/C34H47N3O4S/c1-22(2)19-24(20-38)37-28-31(41)36(33(6,7)21-32(3,4)5)18-12-16-34(28)27(30(37)40)26-25(42-34)15-11-17-35(29(26)39)23-13-9-8-10-14-23/h8-16,22,24-28,38H,17-21H2,1-7H3/t24-,25+,26-,27+,28?,34+/m1/s1. The number of para-hydroxylation sites is 1. The van der Waals surface area contributed by atoms with Crippen LogP contribution in [0.4, 0.5) is 5.69 Å². The predicted octanol–water partition coefficient (Wildman–Crippen LogP) is 4.91. The number of aliphatic hydroxyl groups excluding tert-OH is 1. The summed E-state index contributed by atoms with van der Waals surface area (Å²) in [5.74, 6) is -1.46. The Balaban J connectivity index is 1.63. The molecule has 0 radical (unpaired) electrons. The fourth-order valence-electron chi connectivity index (χ4n) is 8.07. The number of likely N-dealkylation sites (tertiary alicyclic amines) is 1. The summed E-state index contributed by atoms with van der Waals surface area (Å²) in [6.07, 6.45) is 9.57. The molecule has 8 heteroatoms. The summed E-state index contributed by atoms with van der Waals surface area (Å²) in [6.45, 7) is 15.5. The highest BCUT2D eigenvalue weighted by Crippen LogP contribution is 2.62. The van der Waals surface area contributed by atoms with E-state index in [1.165, 1.54) is 0 Å². The minimum absolute atomic E-state index is 0.0100. The van der Waals surface area contributed by atoms with Crippen molar-refractivity contribution in [2.24, 2.45) is 23.2 Å². The lowest BCUT2D eigenvalue weighted by molar-refractivity contribution is -0.149. The summed E-state index contributed by atoms with van der Waals surface area (Å²) < 4.78 is -0.903. The molecule has 228 valence electrons. The molecular formula is C34H47N3O4S. The third-order valence-corrected chi connectivity index (χ3v) is 10.9. The normalized spacial score (nSPS) is 30.4. The topological polar surface area (TPSA) is 81.2 Å². The summed E-state index contributed by atoms with van der Waals surface area (Å²) >= 11 is 1.60. The highest BCUT2D eigenvalue weighted by atomic mass is 32.2. The molecule has 4 heterocycles. The zero-order valence-electron chi connectivity index (χ0n) is 26.1. The molecule has 1 unspecified atom stereocenters. The second-order valence-corrected chi connectivity index (χ2v) is 16.2. The molecule has 6 atom stereocenters. The number of aliphatic hydroxyl groups is 1. The second kappa shape index (κ2) is 11.2. The number of rotatable bonds is 7. The first-order valence-electron chi connectivity index (χ1n) is 15.3. The van der Waals surface area contributed by atoms with Crippen LogP contribution in [0.2, 0.25) is 0 Å². The number of benzene rings is 1. The molecule has 3 amide bonds. The van der Waals surface area contributed by atoms with Gasteiger partial charge in [0.2, 0.25) is 17.7 Å². The lowest BCUT2D eigenvalue weighted by atomic mass is 9.77. The molecular weight excluding hydrogens is 546 g/mol. The smallest absolute Gasteiger partial charge is 0.247 e. The minimum atomic E-state index is -0.903. The summed E-state index contributed by atoms with van der Waals surface area (Å²) in [5, 5.41) is 10.4. The van der Waals surface area contributed by atoms with Gasteiger partial charge < -0.3 is 19.8 Å². The van der Waals surface area contributed by atoms with Crippen LogP contribution in [-0.4, -0.2) is 79.9 Å². The highest BCUT2D eigenvalue weighted by molar-refractivity contribution is 8.02. The Kier molecular flexibility index (Phi) is 8.20. The molecule has 4 aliphatic heterocycles. The van der Waals surface area contributed by atoms with Gasteiger partial charge in [0.1, 0.15) is 6.04 Å². The Hall–Kier alpha value is -2.58. The monoisotopic (exact) mass is 593 g/mol. The van der Waals surface area contributed by atoms with Crippen molar-refractivity contribution < 1.29 is 19.5 Å². The maximum atomic E-state index is 14.9. The van der Waals surface area contributed by atoms with Gasteiger partial charge in [0.15, 0.2) is 0 Å². The molecule has 0 saturated carbocycles. The summed E-state index contributed by atoms with van der Waals surface area (Å²) in [6, 6.07) is 8.29. The van der Waals surface area contributed by atoms with E-state index in [0.29, 0.717) is 19.5 Å². The van der Waals surface area contributed by atoms with E-state index in [1.807, 2.05) is 47.4 Å². The van der Waals surface area contributed by atoms with E-state index in [-0.39, 0.29) is 40.9 Å². The van der Waals surface area contributed by atoms with E-state index in [2.05, 4.69) is 60.6 Å². The van der Waals surface area contributed by atoms with Gasteiger partial charge in [-0.3, -0.25) is 14.4 Å². The lowest BCUT2D eigenvalue weighted by Gasteiger charge is -2.45. The van der Waals surface area contributed by atoms with Crippen LogP contribution in [0.1, 0.15) is 61.3 Å². The Morgan fingerprint density at radius 2 is 1.67 bits per heavy atom. The third-order valence-electron chi connectivity index (χ3n) is 9.21.